The Hall–Kier alpha value is -0.530. The van der Waals surface area contributed by atoms with Crippen LogP contribution in [-0.2, 0) is 4.74 Å². The molecule has 0 N–H and O–H groups in total. The Kier molecular flexibility index (Phi) is 3.27. The van der Waals surface area contributed by atoms with E-state index < -0.39 is 0 Å². The SMILES string of the molecule is Cc1ccc(C(Cl)C2(C)CCCO2)cc1C. The number of rotatable bonds is 2. The van der Waals surface area contributed by atoms with Crippen LogP contribution in [0.4, 0.5) is 0 Å². The molecule has 0 saturated carbocycles. The number of alkyl halides is 1. The summed E-state index contributed by atoms with van der Waals surface area (Å²) in [6.45, 7) is 7.20. The first kappa shape index (κ1) is 11.9. The van der Waals surface area contributed by atoms with E-state index in [1.165, 1.54) is 16.7 Å². The van der Waals surface area contributed by atoms with E-state index >= 15 is 0 Å². The van der Waals surface area contributed by atoms with Crippen LogP contribution in [0.15, 0.2) is 18.2 Å². The monoisotopic (exact) mass is 238 g/mol. The summed E-state index contributed by atoms with van der Waals surface area (Å²) in [5.74, 6) is 0. The van der Waals surface area contributed by atoms with Crippen LogP contribution in [0.1, 0.15) is 41.8 Å². The number of aryl methyl sites for hydroxylation is 2. The summed E-state index contributed by atoms with van der Waals surface area (Å²) < 4.78 is 5.79. The van der Waals surface area contributed by atoms with E-state index in [-0.39, 0.29) is 11.0 Å². The van der Waals surface area contributed by atoms with Crippen molar-refractivity contribution in [1.82, 2.24) is 0 Å². The Bertz CT molecular complexity index is 380. The van der Waals surface area contributed by atoms with Gasteiger partial charge < -0.3 is 4.74 Å². The first-order valence-corrected chi connectivity index (χ1v) is 6.32. The van der Waals surface area contributed by atoms with E-state index in [0.29, 0.717) is 0 Å². The summed E-state index contributed by atoms with van der Waals surface area (Å²) in [4.78, 5) is 0. The van der Waals surface area contributed by atoms with E-state index in [1.807, 2.05) is 0 Å². The van der Waals surface area contributed by atoms with Crippen LogP contribution >= 0.6 is 11.6 Å². The Balaban J connectivity index is 2.26. The van der Waals surface area contributed by atoms with Crippen molar-refractivity contribution in [3.8, 4) is 0 Å². The van der Waals surface area contributed by atoms with Gasteiger partial charge in [0.1, 0.15) is 0 Å². The zero-order valence-corrected chi connectivity index (χ0v) is 11.0. The van der Waals surface area contributed by atoms with Crippen LogP contribution in [0.3, 0.4) is 0 Å². The molecule has 1 aromatic rings. The Morgan fingerprint density at radius 3 is 2.62 bits per heavy atom. The maximum atomic E-state index is 6.55. The molecular formula is C14H19ClO. The average Bonchev–Trinajstić information content (AvgIpc) is 2.70. The molecule has 0 aliphatic carbocycles. The number of hydrogen-bond donors (Lipinski definition) is 0. The van der Waals surface area contributed by atoms with Gasteiger partial charge in [-0.2, -0.15) is 0 Å². The molecule has 1 saturated heterocycles. The molecule has 0 bridgehead atoms. The topological polar surface area (TPSA) is 9.23 Å². The van der Waals surface area contributed by atoms with Gasteiger partial charge in [-0.1, -0.05) is 18.2 Å². The van der Waals surface area contributed by atoms with E-state index in [1.54, 1.807) is 0 Å². The fourth-order valence-electron chi connectivity index (χ4n) is 2.28. The van der Waals surface area contributed by atoms with E-state index in [2.05, 4.69) is 39.0 Å². The molecule has 0 spiro atoms. The van der Waals surface area contributed by atoms with Crippen molar-refractivity contribution in [3.05, 3.63) is 34.9 Å². The Labute approximate surface area is 103 Å². The minimum Gasteiger partial charge on any atom is -0.373 e. The standard InChI is InChI=1S/C14H19ClO/c1-10-5-6-12(9-11(10)2)13(15)14(3)7-4-8-16-14/h5-6,9,13H,4,7-8H2,1-3H3. The zero-order chi connectivity index (χ0) is 11.8. The predicted octanol–water partition coefficient (Wildman–Crippen LogP) is 4.15. The molecule has 88 valence electrons. The number of halogens is 1. The molecule has 1 nitrogen and oxygen atoms in total. The van der Waals surface area contributed by atoms with Crippen LogP contribution < -0.4 is 0 Å². The van der Waals surface area contributed by atoms with Gasteiger partial charge in [-0.05, 0) is 50.3 Å². The normalized spacial score (nSPS) is 27.0. The van der Waals surface area contributed by atoms with Gasteiger partial charge in [0.05, 0.1) is 11.0 Å². The molecule has 1 heterocycles. The van der Waals surface area contributed by atoms with Crippen LogP contribution in [0, 0.1) is 13.8 Å². The minimum atomic E-state index is -0.191. The molecule has 0 amide bonds. The minimum absolute atomic E-state index is 0.0469. The molecule has 1 aliphatic rings. The molecule has 0 radical (unpaired) electrons. The second-order valence-corrected chi connectivity index (χ2v) is 5.41. The largest absolute Gasteiger partial charge is 0.373 e. The van der Waals surface area contributed by atoms with Crippen molar-refractivity contribution >= 4 is 11.6 Å². The van der Waals surface area contributed by atoms with Crippen molar-refractivity contribution < 1.29 is 4.74 Å². The second-order valence-electron chi connectivity index (χ2n) is 4.97. The van der Waals surface area contributed by atoms with Gasteiger partial charge in [-0.3, -0.25) is 0 Å². The molecule has 0 aromatic heterocycles. The Morgan fingerprint density at radius 2 is 2.06 bits per heavy atom. The van der Waals surface area contributed by atoms with Gasteiger partial charge in [0.15, 0.2) is 0 Å². The molecule has 1 fully saturated rings. The molecule has 1 aromatic carbocycles. The van der Waals surface area contributed by atoms with Crippen molar-refractivity contribution in [1.29, 1.82) is 0 Å². The lowest BCUT2D eigenvalue weighted by Crippen LogP contribution is -2.28. The average molecular weight is 239 g/mol. The third-order valence-electron chi connectivity index (χ3n) is 3.61. The maximum Gasteiger partial charge on any atom is 0.0872 e. The van der Waals surface area contributed by atoms with Gasteiger partial charge in [0.2, 0.25) is 0 Å². The quantitative estimate of drug-likeness (QED) is 0.704. The Morgan fingerprint density at radius 1 is 1.31 bits per heavy atom. The molecule has 16 heavy (non-hydrogen) atoms. The molecule has 1 aliphatic heterocycles. The second kappa shape index (κ2) is 4.38. The number of benzene rings is 1. The third kappa shape index (κ3) is 2.11. The fourth-order valence-corrected chi connectivity index (χ4v) is 2.58. The number of hydrogen-bond acceptors (Lipinski definition) is 1. The summed E-state index contributed by atoms with van der Waals surface area (Å²) in [5, 5.41) is -0.0469. The van der Waals surface area contributed by atoms with Gasteiger partial charge in [-0.15, -0.1) is 11.6 Å². The molecule has 2 heteroatoms. The van der Waals surface area contributed by atoms with Crippen LogP contribution in [0.25, 0.3) is 0 Å². The van der Waals surface area contributed by atoms with Gasteiger partial charge in [0, 0.05) is 6.61 Å². The summed E-state index contributed by atoms with van der Waals surface area (Å²) >= 11 is 6.55. The lowest BCUT2D eigenvalue weighted by Gasteiger charge is -2.29. The smallest absolute Gasteiger partial charge is 0.0872 e. The molecule has 2 rings (SSSR count). The predicted molar refractivity (Wildman–Crippen MR) is 68.1 cm³/mol. The van der Waals surface area contributed by atoms with Crippen molar-refractivity contribution in [2.45, 2.75) is 44.6 Å². The van der Waals surface area contributed by atoms with Crippen LogP contribution in [-0.4, -0.2) is 12.2 Å². The van der Waals surface area contributed by atoms with Crippen LogP contribution in [0.5, 0.6) is 0 Å². The summed E-state index contributed by atoms with van der Waals surface area (Å²) in [6, 6.07) is 6.44. The summed E-state index contributed by atoms with van der Waals surface area (Å²) in [7, 11) is 0. The van der Waals surface area contributed by atoms with E-state index in [0.717, 1.165) is 19.4 Å². The number of ether oxygens (including phenoxy) is 1. The highest BCUT2D eigenvalue weighted by molar-refractivity contribution is 6.21. The highest BCUT2D eigenvalue weighted by Crippen LogP contribution is 2.41. The molecule has 2 atom stereocenters. The summed E-state index contributed by atoms with van der Waals surface area (Å²) in [6.07, 6.45) is 2.17. The molecule has 2 unspecified atom stereocenters. The highest BCUT2D eigenvalue weighted by atomic mass is 35.5. The third-order valence-corrected chi connectivity index (χ3v) is 4.32. The van der Waals surface area contributed by atoms with Crippen molar-refractivity contribution in [3.63, 3.8) is 0 Å². The van der Waals surface area contributed by atoms with Gasteiger partial charge in [0.25, 0.3) is 0 Å². The lowest BCUT2D eigenvalue weighted by atomic mass is 9.91. The maximum absolute atomic E-state index is 6.55. The van der Waals surface area contributed by atoms with Gasteiger partial charge in [-0.25, -0.2) is 0 Å². The summed E-state index contributed by atoms with van der Waals surface area (Å²) in [5.41, 5.74) is 3.59. The highest BCUT2D eigenvalue weighted by Gasteiger charge is 2.38. The van der Waals surface area contributed by atoms with E-state index in [9.17, 15) is 0 Å². The lowest BCUT2D eigenvalue weighted by molar-refractivity contribution is 0.0164. The zero-order valence-electron chi connectivity index (χ0n) is 10.2. The van der Waals surface area contributed by atoms with Crippen molar-refractivity contribution in [2.24, 2.45) is 0 Å². The molecular weight excluding hydrogens is 220 g/mol. The first-order valence-electron chi connectivity index (χ1n) is 5.88. The first-order chi connectivity index (χ1) is 7.53. The fraction of sp³-hybridized carbons (Fsp3) is 0.571. The van der Waals surface area contributed by atoms with E-state index in [4.69, 9.17) is 16.3 Å². The van der Waals surface area contributed by atoms with Crippen LogP contribution in [0.2, 0.25) is 0 Å². The van der Waals surface area contributed by atoms with Gasteiger partial charge >= 0.3 is 0 Å². The van der Waals surface area contributed by atoms with Crippen molar-refractivity contribution in [2.75, 3.05) is 6.61 Å².